The SMILES string of the molecule is CC1=C(C)[C]([Ti+3])([Si](c2cc(N(C)C)c(C)cc2N(C)C)(c2cc(N(C)C)c(C)cc2N(C)C)c2cc(N(C)C)c(C)cc2N(C)C)C(C)=C1C.[Cl-].[Cl-].[Cl-]. The van der Waals surface area contributed by atoms with Gasteiger partial charge in [0.2, 0.25) is 0 Å². The van der Waals surface area contributed by atoms with Gasteiger partial charge in [0, 0.05) is 0 Å². The smallest absolute Gasteiger partial charge is 1.00 e. The van der Waals surface area contributed by atoms with Gasteiger partial charge in [0.15, 0.2) is 0 Å². The van der Waals surface area contributed by atoms with Gasteiger partial charge < -0.3 is 37.2 Å². The van der Waals surface area contributed by atoms with Crippen molar-refractivity contribution < 1.29 is 57.7 Å². The molecular formula is C42H63Cl3N6SiTi. The predicted octanol–water partition coefficient (Wildman–Crippen LogP) is -2.58. The van der Waals surface area contributed by atoms with Crippen molar-refractivity contribution in [2.24, 2.45) is 0 Å². The van der Waals surface area contributed by atoms with Crippen LogP contribution in [0.3, 0.4) is 0 Å². The van der Waals surface area contributed by atoms with Crippen molar-refractivity contribution in [2.45, 2.75) is 51.8 Å². The van der Waals surface area contributed by atoms with E-state index in [9.17, 15) is 0 Å². The molecule has 1 aliphatic rings. The minimum atomic E-state index is -3.27. The van der Waals surface area contributed by atoms with Gasteiger partial charge in [-0.1, -0.05) is 0 Å². The van der Waals surface area contributed by atoms with Gasteiger partial charge in [-0.2, -0.15) is 0 Å². The number of anilines is 6. The Bertz CT molecular complexity index is 1690. The Morgan fingerprint density at radius 1 is 0.377 bits per heavy atom. The number of benzene rings is 3. The number of nitrogens with zero attached hydrogens (tertiary/aromatic N) is 6. The summed E-state index contributed by atoms with van der Waals surface area (Å²) >= 11 is 2.60. The molecule has 0 aromatic heterocycles. The molecule has 0 spiro atoms. The third kappa shape index (κ3) is 7.78. The standard InChI is InChI=1S/C42H63N6Si.3ClH.Ti/c1-26-20-36(46(14)15)39(23-33(26)43(8)9)49(42-31(6)29(4)30(5)32(42)7,40-24-34(44(10)11)27(2)21-37(40)47(16)17)41-25-35(45(12)13)28(3)22-38(41)48(18)19;;;;/h20-25H,1-19H3;3*1H;/q;;;;+3/p-3. The Hall–Kier alpha value is -2.26. The van der Waals surface area contributed by atoms with E-state index in [1.807, 2.05) is 0 Å². The van der Waals surface area contributed by atoms with Crippen LogP contribution in [0.1, 0.15) is 44.4 Å². The molecule has 4 rings (SSSR count). The van der Waals surface area contributed by atoms with Gasteiger partial charge in [-0.15, -0.1) is 0 Å². The van der Waals surface area contributed by atoms with E-state index in [1.54, 1.807) is 0 Å². The first kappa shape index (κ1) is 48.8. The molecule has 0 amide bonds. The molecule has 0 aliphatic heterocycles. The van der Waals surface area contributed by atoms with E-state index in [0.29, 0.717) is 0 Å². The summed E-state index contributed by atoms with van der Waals surface area (Å²) in [6.07, 6.45) is 0. The van der Waals surface area contributed by atoms with Gasteiger partial charge in [0.25, 0.3) is 0 Å². The quantitative estimate of drug-likeness (QED) is 0.164. The molecule has 0 unspecified atom stereocenters. The van der Waals surface area contributed by atoms with Crippen LogP contribution in [0.25, 0.3) is 0 Å². The molecule has 0 atom stereocenters. The Balaban J connectivity index is 0.00000468. The van der Waals surface area contributed by atoms with Crippen molar-refractivity contribution in [1.82, 2.24) is 0 Å². The molecule has 11 heteroatoms. The van der Waals surface area contributed by atoms with Crippen LogP contribution in [0.15, 0.2) is 58.7 Å². The molecule has 0 heterocycles. The van der Waals surface area contributed by atoms with Crippen LogP contribution in [-0.2, 0) is 20.4 Å². The van der Waals surface area contributed by atoms with E-state index in [1.165, 1.54) is 88.7 Å². The second kappa shape index (κ2) is 17.7. The molecule has 0 bridgehead atoms. The topological polar surface area (TPSA) is 19.4 Å². The monoisotopic (exact) mass is 832 g/mol. The van der Waals surface area contributed by atoms with Crippen LogP contribution < -0.4 is 82.2 Å². The fourth-order valence-electron chi connectivity index (χ4n) is 8.51. The van der Waals surface area contributed by atoms with Gasteiger partial charge in [-0.05, 0) is 0 Å². The summed E-state index contributed by atoms with van der Waals surface area (Å²) in [6, 6.07) is 15.1. The average molecular weight is 834 g/mol. The zero-order valence-electron chi connectivity index (χ0n) is 35.8. The molecule has 0 N–H and O–H groups in total. The van der Waals surface area contributed by atoms with Gasteiger partial charge in [0.1, 0.15) is 0 Å². The average Bonchev–Trinajstić information content (AvgIpc) is 3.17. The van der Waals surface area contributed by atoms with Crippen LogP contribution in [-0.4, -0.2) is 92.6 Å². The first-order chi connectivity index (χ1) is 23.1. The van der Waals surface area contributed by atoms with Crippen LogP contribution >= 0.6 is 0 Å². The minimum Gasteiger partial charge on any atom is -1.00 e. The van der Waals surface area contributed by atoms with Crippen LogP contribution in [0.5, 0.6) is 0 Å². The summed E-state index contributed by atoms with van der Waals surface area (Å²) in [4.78, 5) is 14.0. The molecule has 3 aromatic carbocycles. The maximum atomic E-state index is 2.60. The zero-order chi connectivity index (χ0) is 37.9. The minimum absolute atomic E-state index is 0. The van der Waals surface area contributed by atoms with Crippen LogP contribution in [0.2, 0.25) is 3.34 Å². The van der Waals surface area contributed by atoms with E-state index < -0.39 is 8.07 Å². The number of hydrogen-bond acceptors (Lipinski definition) is 6. The van der Waals surface area contributed by atoms with E-state index in [2.05, 4.69) is 219 Å². The van der Waals surface area contributed by atoms with Crippen molar-refractivity contribution >= 4 is 57.8 Å². The maximum Gasteiger partial charge on any atom is -1.00 e. The molecule has 53 heavy (non-hydrogen) atoms. The number of hydrogen-bond donors (Lipinski definition) is 0. The van der Waals surface area contributed by atoms with Crippen LogP contribution in [0, 0.1) is 20.8 Å². The predicted molar refractivity (Wildman–Crippen MR) is 224 cm³/mol. The molecule has 0 fully saturated rings. The second-order valence-corrected chi connectivity index (χ2v) is 21.7. The van der Waals surface area contributed by atoms with Gasteiger partial charge in [-0.3, -0.25) is 0 Å². The zero-order valence-corrected chi connectivity index (χ0v) is 40.6. The summed E-state index contributed by atoms with van der Waals surface area (Å²) in [5, 5.41) is 4.32. The van der Waals surface area contributed by atoms with E-state index in [4.69, 9.17) is 0 Å². The number of rotatable bonds is 10. The summed E-state index contributed by atoms with van der Waals surface area (Å²) < 4.78 is -0.308. The summed E-state index contributed by atoms with van der Waals surface area (Å²) in [5.74, 6) is 0. The Morgan fingerprint density at radius 2 is 0.585 bits per heavy atom. The first-order valence-electron chi connectivity index (χ1n) is 17.7. The van der Waals surface area contributed by atoms with Crippen molar-refractivity contribution in [2.75, 3.05) is 114 Å². The summed E-state index contributed by atoms with van der Waals surface area (Å²) in [7, 11) is 23.2. The number of halogens is 3. The van der Waals surface area contributed by atoms with Crippen LogP contribution in [0.4, 0.5) is 34.1 Å². The van der Waals surface area contributed by atoms with E-state index in [0.717, 1.165) is 0 Å². The molecule has 0 saturated carbocycles. The largest absolute Gasteiger partial charge is 1.00 e. The molecule has 3 aromatic rings. The maximum absolute atomic E-state index is 3.27. The number of aryl methyl sites for hydroxylation is 3. The van der Waals surface area contributed by atoms with Gasteiger partial charge >= 0.3 is 319 Å². The molecule has 6 nitrogen and oxygen atoms in total. The van der Waals surface area contributed by atoms with Crippen molar-refractivity contribution in [3.63, 3.8) is 0 Å². The van der Waals surface area contributed by atoms with Crippen molar-refractivity contribution in [1.29, 1.82) is 0 Å². The van der Waals surface area contributed by atoms with Gasteiger partial charge in [0.05, 0.1) is 0 Å². The fourth-order valence-corrected chi connectivity index (χ4v) is 17.7. The van der Waals surface area contributed by atoms with Crippen molar-refractivity contribution in [3.05, 3.63) is 75.4 Å². The third-order valence-electron chi connectivity index (χ3n) is 11.4. The van der Waals surface area contributed by atoms with E-state index >= 15 is 0 Å². The molecule has 290 valence electrons. The number of allylic oxidation sites excluding steroid dienone is 4. The van der Waals surface area contributed by atoms with Crippen molar-refractivity contribution in [3.8, 4) is 0 Å². The Kier molecular flexibility index (Phi) is 16.3. The first-order valence-corrected chi connectivity index (χ1v) is 20.5. The Labute approximate surface area is 354 Å². The van der Waals surface area contributed by atoms with E-state index in [-0.39, 0.29) is 40.6 Å². The molecule has 1 aliphatic carbocycles. The van der Waals surface area contributed by atoms with Gasteiger partial charge in [-0.25, -0.2) is 0 Å². The fraction of sp³-hybridized carbons (Fsp3) is 0.476. The third-order valence-corrected chi connectivity index (χ3v) is 19.8. The normalized spacial score (nSPS) is 13.6. The molecule has 0 saturated heterocycles. The summed E-state index contributed by atoms with van der Waals surface area (Å²) in [5.41, 5.74) is 17.3. The summed E-state index contributed by atoms with van der Waals surface area (Å²) in [6.45, 7) is 16.4. The molecular weight excluding hydrogens is 771 g/mol. The second-order valence-electron chi connectivity index (χ2n) is 15.8. The molecule has 0 radical (unpaired) electrons. The Morgan fingerprint density at radius 3 is 0.774 bits per heavy atom.